The van der Waals surface area contributed by atoms with Crippen LogP contribution in [0.15, 0.2) is 0 Å². The molecule has 0 amide bonds. The van der Waals surface area contributed by atoms with Crippen LogP contribution in [0, 0.1) is 0 Å². The first-order valence-corrected chi connectivity index (χ1v) is 4.90. The summed E-state index contributed by atoms with van der Waals surface area (Å²) in [5.74, 6) is 0. The Kier molecular flexibility index (Phi) is 15.1. The molecule has 0 heterocycles. The second kappa shape index (κ2) is 10.9. The number of hydrogen-bond acceptors (Lipinski definition) is 5. The zero-order valence-electron chi connectivity index (χ0n) is 9.92. The monoisotopic (exact) mass is 207 g/mol. The summed E-state index contributed by atoms with van der Waals surface area (Å²) in [4.78, 5) is 0. The molecule has 1 atom stereocenters. The Hall–Kier alpha value is -0.200. The normalized spacial score (nSPS) is 12.2. The minimum Gasteiger partial charge on any atom is -0.344 e. The minimum absolute atomic E-state index is 0. The average molecular weight is 207 g/mol. The Labute approximate surface area is 88.2 Å². The summed E-state index contributed by atoms with van der Waals surface area (Å²) in [5, 5.41) is 0. The first kappa shape index (κ1) is 19.4. The van der Waals surface area contributed by atoms with Gasteiger partial charge in [-0.1, -0.05) is 13.8 Å². The van der Waals surface area contributed by atoms with Gasteiger partial charge < -0.3 is 29.1 Å². The Morgan fingerprint density at radius 3 is 1.64 bits per heavy atom. The molecule has 0 saturated heterocycles. The maximum Gasteiger partial charge on any atom is 0.0604 e. The van der Waals surface area contributed by atoms with Gasteiger partial charge in [0.15, 0.2) is 0 Å². The number of nitrogens with two attached hydrogens (primary N) is 4. The maximum absolute atomic E-state index is 5.50. The second-order valence-corrected chi connectivity index (χ2v) is 3.61. The molecule has 0 fully saturated rings. The van der Waals surface area contributed by atoms with Gasteiger partial charge in [-0.05, 0) is 32.7 Å². The van der Waals surface area contributed by atoms with E-state index in [1.807, 2.05) is 6.92 Å². The van der Waals surface area contributed by atoms with E-state index < -0.39 is 5.66 Å². The summed E-state index contributed by atoms with van der Waals surface area (Å²) in [5.41, 5.74) is 20.9. The van der Waals surface area contributed by atoms with Crippen LogP contribution in [0.3, 0.4) is 0 Å². The van der Waals surface area contributed by atoms with Crippen LogP contribution in [0.5, 0.6) is 0 Å². The molecule has 0 aliphatic carbocycles. The molecule has 1 unspecified atom stereocenters. The topological polar surface area (TPSA) is 139 Å². The first-order valence-electron chi connectivity index (χ1n) is 4.90. The Balaban J connectivity index is -0.000000163. The second-order valence-electron chi connectivity index (χ2n) is 3.61. The first-order chi connectivity index (χ1) is 5.87. The molecular weight excluding hydrogens is 178 g/mol. The molecule has 14 heavy (non-hydrogen) atoms. The maximum atomic E-state index is 5.50. The standard InChI is InChI=1S/C5H14N2.C4H12N2.H3N/c1-2-5(7)3-4-6;1-3-4(2,5)6;/h5H,2-4,6-7H2,1H3;3,5-6H2,1-2H3;1H3. The lowest BCUT2D eigenvalue weighted by atomic mass is 10.2. The van der Waals surface area contributed by atoms with Crippen LogP contribution in [-0.4, -0.2) is 18.2 Å². The Morgan fingerprint density at radius 2 is 1.57 bits per heavy atom. The molecular formula is C9H29N5. The highest BCUT2D eigenvalue weighted by Crippen LogP contribution is 1.90. The molecule has 0 aromatic carbocycles. The molecule has 0 saturated carbocycles. The lowest BCUT2D eigenvalue weighted by molar-refractivity contribution is 0.473. The van der Waals surface area contributed by atoms with Crippen molar-refractivity contribution >= 4 is 0 Å². The molecule has 0 rings (SSSR count). The van der Waals surface area contributed by atoms with Gasteiger partial charge in [0, 0.05) is 6.04 Å². The van der Waals surface area contributed by atoms with Crippen molar-refractivity contribution in [3.8, 4) is 0 Å². The highest BCUT2D eigenvalue weighted by molar-refractivity contribution is 4.64. The molecule has 11 N–H and O–H groups in total. The van der Waals surface area contributed by atoms with Gasteiger partial charge in [0.25, 0.3) is 0 Å². The zero-order chi connectivity index (χ0) is 10.9. The van der Waals surface area contributed by atoms with Gasteiger partial charge >= 0.3 is 0 Å². The Bertz CT molecular complexity index is 99.9. The highest BCUT2D eigenvalue weighted by Gasteiger charge is 2.03. The molecule has 0 aliphatic rings. The Morgan fingerprint density at radius 1 is 1.21 bits per heavy atom. The van der Waals surface area contributed by atoms with Gasteiger partial charge in [-0.2, -0.15) is 0 Å². The van der Waals surface area contributed by atoms with Crippen molar-refractivity contribution < 1.29 is 0 Å². The van der Waals surface area contributed by atoms with Crippen molar-refractivity contribution in [2.45, 2.75) is 51.7 Å². The van der Waals surface area contributed by atoms with E-state index in [0.717, 1.165) is 25.8 Å². The van der Waals surface area contributed by atoms with Gasteiger partial charge in [0.05, 0.1) is 5.66 Å². The van der Waals surface area contributed by atoms with Crippen molar-refractivity contribution in [2.24, 2.45) is 22.9 Å². The fourth-order valence-electron chi connectivity index (χ4n) is 0.418. The quantitative estimate of drug-likeness (QED) is 0.421. The molecule has 0 aromatic heterocycles. The zero-order valence-corrected chi connectivity index (χ0v) is 9.92. The third-order valence-electron chi connectivity index (χ3n) is 1.82. The van der Waals surface area contributed by atoms with E-state index in [1.165, 1.54) is 0 Å². The lowest BCUT2D eigenvalue weighted by Gasteiger charge is -2.13. The van der Waals surface area contributed by atoms with Gasteiger partial charge in [0.2, 0.25) is 0 Å². The van der Waals surface area contributed by atoms with E-state index in [9.17, 15) is 0 Å². The smallest absolute Gasteiger partial charge is 0.0604 e. The largest absolute Gasteiger partial charge is 0.344 e. The van der Waals surface area contributed by atoms with Crippen molar-refractivity contribution in [3.05, 3.63) is 0 Å². The van der Waals surface area contributed by atoms with E-state index >= 15 is 0 Å². The number of rotatable bonds is 4. The highest BCUT2D eigenvalue weighted by atomic mass is 14.9. The number of hydrogen-bond donors (Lipinski definition) is 5. The van der Waals surface area contributed by atoms with E-state index in [0.29, 0.717) is 6.04 Å². The SMILES string of the molecule is CCC(C)(N)N.CCC(N)CCN.N. The third-order valence-corrected chi connectivity index (χ3v) is 1.82. The summed E-state index contributed by atoms with van der Waals surface area (Å²) < 4.78 is 0. The summed E-state index contributed by atoms with van der Waals surface area (Å²) in [6.07, 6.45) is 2.82. The lowest BCUT2D eigenvalue weighted by Crippen LogP contribution is -2.44. The molecule has 0 radical (unpaired) electrons. The van der Waals surface area contributed by atoms with Crippen molar-refractivity contribution in [1.82, 2.24) is 6.15 Å². The van der Waals surface area contributed by atoms with Gasteiger partial charge in [-0.15, -0.1) is 0 Å². The van der Waals surface area contributed by atoms with Crippen molar-refractivity contribution in [2.75, 3.05) is 6.54 Å². The summed E-state index contributed by atoms with van der Waals surface area (Å²) in [7, 11) is 0. The van der Waals surface area contributed by atoms with Crippen molar-refractivity contribution in [3.63, 3.8) is 0 Å². The van der Waals surface area contributed by atoms with E-state index in [4.69, 9.17) is 22.9 Å². The summed E-state index contributed by atoms with van der Waals surface area (Å²) in [6.45, 7) is 6.54. The molecule has 0 aromatic rings. The van der Waals surface area contributed by atoms with E-state index in [-0.39, 0.29) is 6.15 Å². The van der Waals surface area contributed by atoms with Crippen LogP contribution in [-0.2, 0) is 0 Å². The fraction of sp³-hybridized carbons (Fsp3) is 1.00. The molecule has 0 aliphatic heterocycles. The molecule has 0 bridgehead atoms. The minimum atomic E-state index is -0.458. The van der Waals surface area contributed by atoms with E-state index in [2.05, 4.69) is 6.92 Å². The van der Waals surface area contributed by atoms with Crippen molar-refractivity contribution in [1.29, 1.82) is 0 Å². The molecule has 90 valence electrons. The van der Waals surface area contributed by atoms with Crippen LogP contribution in [0.1, 0.15) is 40.0 Å². The fourth-order valence-corrected chi connectivity index (χ4v) is 0.418. The summed E-state index contributed by atoms with van der Waals surface area (Å²) in [6, 6.07) is 0.324. The predicted molar refractivity (Wildman–Crippen MR) is 64.0 cm³/mol. The van der Waals surface area contributed by atoms with Crippen LogP contribution in [0.25, 0.3) is 0 Å². The van der Waals surface area contributed by atoms with Crippen LogP contribution in [0.2, 0.25) is 0 Å². The van der Waals surface area contributed by atoms with Crippen LogP contribution in [0.4, 0.5) is 0 Å². The van der Waals surface area contributed by atoms with Crippen LogP contribution >= 0.6 is 0 Å². The average Bonchev–Trinajstić information content (AvgIpc) is 2.05. The molecule has 5 nitrogen and oxygen atoms in total. The third kappa shape index (κ3) is 22.6. The molecule has 5 heteroatoms. The predicted octanol–water partition coefficient (Wildman–Crippen LogP) is 0.265. The van der Waals surface area contributed by atoms with Gasteiger partial charge in [-0.25, -0.2) is 0 Å². The molecule has 0 spiro atoms. The van der Waals surface area contributed by atoms with Gasteiger partial charge in [0.1, 0.15) is 0 Å². The summed E-state index contributed by atoms with van der Waals surface area (Å²) >= 11 is 0. The van der Waals surface area contributed by atoms with Crippen LogP contribution < -0.4 is 29.1 Å². The van der Waals surface area contributed by atoms with E-state index in [1.54, 1.807) is 6.92 Å². The van der Waals surface area contributed by atoms with Gasteiger partial charge in [-0.3, -0.25) is 0 Å².